The van der Waals surface area contributed by atoms with Crippen LogP contribution < -0.4 is 0 Å². The Labute approximate surface area is 762 Å². The third-order valence-corrected chi connectivity index (χ3v) is 27.5. The van der Waals surface area contributed by atoms with Gasteiger partial charge in [0.1, 0.15) is 5.82 Å². The number of hydrogen-bond donors (Lipinski definition) is 6. The van der Waals surface area contributed by atoms with Crippen molar-refractivity contribution >= 4 is 35.8 Å². The number of benzene rings is 6. The lowest BCUT2D eigenvalue weighted by atomic mass is 9.68. The second kappa shape index (κ2) is 46.3. The van der Waals surface area contributed by atoms with Crippen LogP contribution in [-0.4, -0.2) is 96.4 Å². The zero-order chi connectivity index (χ0) is 91.5. The maximum atomic E-state index is 13.5. The lowest BCUT2D eigenvalue weighted by Crippen LogP contribution is -2.28. The normalized spacial score (nSPS) is 17.7. The molecular weight excluding hydrogens is 1630 g/mol. The van der Waals surface area contributed by atoms with Crippen LogP contribution in [0.2, 0.25) is 0 Å². The number of aryl methyl sites for hydroxylation is 13. The van der Waals surface area contributed by atoms with Crippen molar-refractivity contribution < 1.29 is 63.8 Å². The molecule has 0 amide bonds. The van der Waals surface area contributed by atoms with Gasteiger partial charge in [0, 0.05) is 74.4 Å². The Kier molecular flexibility index (Phi) is 33.7. The number of carboxylic acids is 6. The molecule has 672 valence electrons. The summed E-state index contributed by atoms with van der Waals surface area (Å²) in [6, 6.07) is 53.7. The van der Waals surface area contributed by atoms with Gasteiger partial charge in [0.15, 0.2) is 0 Å². The van der Waals surface area contributed by atoms with Gasteiger partial charge in [-0.3, -0.25) is 29.9 Å². The molecule has 0 spiro atoms. The predicted molar refractivity (Wildman–Crippen MR) is 504 cm³/mol. The van der Waals surface area contributed by atoms with Gasteiger partial charge in [-0.2, -0.15) is 0 Å². The number of aromatic carboxylic acids is 6. The first-order valence-electron chi connectivity index (χ1n) is 46.2. The van der Waals surface area contributed by atoms with Crippen LogP contribution in [0.1, 0.15) is 326 Å². The molecule has 4 unspecified atom stereocenters. The molecular formula is C111H119FN6O12. The molecule has 0 bridgehead atoms. The number of carbonyl (C=O) groups is 6. The minimum absolute atomic E-state index is 0.125. The largest absolute Gasteiger partial charge is 0.478 e. The summed E-state index contributed by atoms with van der Waals surface area (Å²) in [7, 11) is 0. The quantitative estimate of drug-likeness (QED) is 0.0327. The van der Waals surface area contributed by atoms with Crippen molar-refractivity contribution in [3.63, 3.8) is 0 Å². The molecule has 0 radical (unpaired) electrons. The van der Waals surface area contributed by atoms with E-state index in [1.165, 1.54) is 174 Å². The Morgan fingerprint density at radius 3 is 0.969 bits per heavy atom. The molecule has 6 aromatic heterocycles. The fraction of sp³-hybridized carbons (Fsp3) is 0.351. The van der Waals surface area contributed by atoms with Gasteiger partial charge < -0.3 is 30.6 Å². The molecule has 6 N–H and O–H groups in total. The van der Waals surface area contributed by atoms with Crippen molar-refractivity contribution in [3.8, 4) is 0 Å². The van der Waals surface area contributed by atoms with Gasteiger partial charge >= 0.3 is 35.8 Å². The molecule has 0 saturated heterocycles. The van der Waals surface area contributed by atoms with Crippen molar-refractivity contribution in [3.05, 3.63) is 389 Å². The van der Waals surface area contributed by atoms with Gasteiger partial charge in [-0.25, -0.2) is 33.2 Å². The SMILES string of the molecule is CC1(CCc2cnccc2C(=O)O)CCCc2ccccc21.Cc1cc(C)c2c(c1)C(CCc1cnccc1C(=O)O)CCC2.O=C(O)c1ccncc1CCC1CCCc2ccc(F)cc21.O=C(O)c1ccncc1CCC1CCCc2ccccc21.O=C(O)c1ccncc1CC[C@@H]1CCCc2ccccc21.O=C(O)c1ccncc1CC[C@H]1CCCc2ccccc21. The summed E-state index contributed by atoms with van der Waals surface area (Å²) in [6.45, 7) is 6.67. The predicted octanol–water partition coefficient (Wildman–Crippen LogP) is 23.9. The van der Waals surface area contributed by atoms with Gasteiger partial charge in [0.05, 0.1) is 33.4 Å². The van der Waals surface area contributed by atoms with E-state index in [0.717, 1.165) is 142 Å². The smallest absolute Gasteiger partial charge is 0.336 e. The second-order valence-corrected chi connectivity index (χ2v) is 35.8. The molecule has 0 aliphatic heterocycles. The minimum atomic E-state index is -0.924. The van der Waals surface area contributed by atoms with E-state index in [2.05, 4.69) is 160 Å². The zero-order valence-corrected chi connectivity index (χ0v) is 74.8. The Hall–Kier alpha value is -13.0. The standard InChI is InChI=1S/C20H23NO2.C19H21NO2.C18H18FNO2.3C18H19NO2/c1-13-10-14(2)17-5-3-4-15(19(17)11-13)6-7-16-12-21-9-8-18(16)20(22)23;1-19(10-4-6-14-5-2-3-7-17(14)19)11-8-15-13-20-12-9-16(15)18(21)22;19-15-7-6-13-3-1-2-12(17(13)10-15)4-5-14-11-20-9-8-16(14)18(21)22;3*20-18(21)17-10-11-19-12-15(17)9-8-14-6-3-5-13-4-1-2-7-16(13)14/h8-12,15H,3-7H2,1-2H3,(H,22,23);2-3,5,7,9,12-13H,4,6,8,10-11H2,1H3,(H,21,22);6-12H,1-5H2,(H,21,22);3*1-2,4,7,10-12,14H,3,5-6,8-9H2,(H,20,21)/t;;;2*14-;/m...10./s1. The molecule has 6 aliphatic carbocycles. The number of aromatic nitrogens is 6. The maximum Gasteiger partial charge on any atom is 0.336 e. The number of nitrogens with zero attached hydrogens (tertiary/aromatic N) is 6. The molecule has 6 heterocycles. The molecule has 130 heavy (non-hydrogen) atoms. The Balaban J connectivity index is 0.000000133. The fourth-order valence-electron chi connectivity index (χ4n) is 20.8. The van der Waals surface area contributed by atoms with Gasteiger partial charge in [-0.05, 0) is 396 Å². The van der Waals surface area contributed by atoms with Crippen LogP contribution in [0.4, 0.5) is 4.39 Å². The van der Waals surface area contributed by atoms with Crippen LogP contribution in [0, 0.1) is 19.7 Å². The van der Waals surface area contributed by atoms with Gasteiger partial charge in [0.2, 0.25) is 0 Å². The highest BCUT2D eigenvalue weighted by Gasteiger charge is 2.33. The Bertz CT molecular complexity index is 5660. The number of fused-ring (bicyclic) bond motifs is 6. The Morgan fingerprint density at radius 1 is 0.323 bits per heavy atom. The lowest BCUT2D eigenvalue weighted by molar-refractivity contribution is 0.0684. The third-order valence-electron chi connectivity index (χ3n) is 27.5. The first-order chi connectivity index (χ1) is 63.1. The first kappa shape index (κ1) is 94.6. The number of pyridine rings is 6. The Morgan fingerprint density at radius 2 is 0.615 bits per heavy atom. The van der Waals surface area contributed by atoms with Crippen molar-refractivity contribution in [2.75, 3.05) is 0 Å². The number of halogens is 1. The fourth-order valence-corrected chi connectivity index (χ4v) is 20.8. The molecule has 6 aliphatic rings. The molecule has 12 aromatic rings. The third kappa shape index (κ3) is 25.1. The van der Waals surface area contributed by atoms with Crippen LogP contribution >= 0.6 is 0 Å². The zero-order valence-electron chi connectivity index (χ0n) is 74.8. The molecule has 0 saturated carbocycles. The maximum absolute atomic E-state index is 13.5. The van der Waals surface area contributed by atoms with E-state index >= 15 is 0 Å². The van der Waals surface area contributed by atoms with E-state index in [1.54, 1.807) is 105 Å². The van der Waals surface area contributed by atoms with E-state index in [4.69, 9.17) is 0 Å². The highest BCUT2D eigenvalue weighted by molar-refractivity contribution is 5.92. The van der Waals surface area contributed by atoms with Crippen LogP contribution in [0.15, 0.2) is 238 Å². The highest BCUT2D eigenvalue weighted by Crippen LogP contribution is 2.44. The molecule has 6 atom stereocenters. The highest BCUT2D eigenvalue weighted by atomic mass is 19.1. The van der Waals surface area contributed by atoms with Crippen LogP contribution in [0.3, 0.4) is 0 Å². The van der Waals surface area contributed by atoms with Crippen molar-refractivity contribution in [1.82, 2.24) is 29.9 Å². The summed E-state index contributed by atoms with van der Waals surface area (Å²) >= 11 is 0. The minimum Gasteiger partial charge on any atom is -0.478 e. The summed E-state index contributed by atoms with van der Waals surface area (Å²) < 4.78 is 13.5. The van der Waals surface area contributed by atoms with E-state index in [1.807, 2.05) is 6.07 Å². The average molecular weight is 1750 g/mol. The second-order valence-electron chi connectivity index (χ2n) is 35.8. The van der Waals surface area contributed by atoms with Crippen LogP contribution in [0.5, 0.6) is 0 Å². The molecule has 19 heteroatoms. The van der Waals surface area contributed by atoms with E-state index in [-0.39, 0.29) is 11.2 Å². The summed E-state index contributed by atoms with van der Waals surface area (Å²) in [5.41, 5.74) is 26.9. The lowest BCUT2D eigenvalue weighted by Gasteiger charge is -2.36. The summed E-state index contributed by atoms with van der Waals surface area (Å²) in [5.74, 6) is -3.01. The van der Waals surface area contributed by atoms with E-state index in [0.29, 0.717) is 69.4 Å². The van der Waals surface area contributed by atoms with Crippen molar-refractivity contribution in [2.24, 2.45) is 0 Å². The van der Waals surface area contributed by atoms with Gasteiger partial charge in [0.25, 0.3) is 0 Å². The molecule has 6 aromatic carbocycles. The van der Waals surface area contributed by atoms with E-state index in [9.17, 15) is 63.8 Å². The summed E-state index contributed by atoms with van der Waals surface area (Å²) in [4.78, 5) is 92.1. The van der Waals surface area contributed by atoms with Gasteiger partial charge in [-0.15, -0.1) is 0 Å². The van der Waals surface area contributed by atoms with Crippen molar-refractivity contribution in [2.45, 2.75) is 248 Å². The first-order valence-corrected chi connectivity index (χ1v) is 46.2. The van der Waals surface area contributed by atoms with Gasteiger partial charge in [-0.1, -0.05) is 128 Å². The molecule has 0 fully saturated rings. The van der Waals surface area contributed by atoms with Crippen LogP contribution in [-0.2, 0) is 82.5 Å². The number of rotatable bonds is 24. The van der Waals surface area contributed by atoms with E-state index < -0.39 is 35.8 Å². The topological polar surface area (TPSA) is 301 Å². The van der Waals surface area contributed by atoms with Crippen molar-refractivity contribution in [1.29, 1.82) is 0 Å². The monoisotopic (exact) mass is 1750 g/mol. The molecule has 18 rings (SSSR count). The average Bonchev–Trinajstić information content (AvgIpc) is 0.780. The molecule has 18 nitrogen and oxygen atoms in total. The van der Waals surface area contributed by atoms with Crippen LogP contribution in [0.25, 0.3) is 0 Å². The summed E-state index contributed by atoms with van der Waals surface area (Å²) in [6.07, 6.45) is 50.5. The number of carboxylic acid groups (broad SMARTS) is 6. The summed E-state index contributed by atoms with van der Waals surface area (Å²) in [5, 5.41) is 55.5. The number of hydrogen-bond acceptors (Lipinski definition) is 12.